The van der Waals surface area contributed by atoms with Crippen molar-refractivity contribution in [3.05, 3.63) is 53.3 Å². The SMILES string of the molecule is Cn1c(=O)cc(N[C@H]2CC[C@H](C(C)(C)O)CC2)c2cc(-n3ccnc3)ccc21. The normalized spacial score (nSPS) is 20.4. The van der Waals surface area contributed by atoms with Gasteiger partial charge in [-0.2, -0.15) is 0 Å². The first-order valence-corrected chi connectivity index (χ1v) is 9.94. The predicted octanol–water partition coefficient (Wildman–Crippen LogP) is 3.47. The Hall–Kier alpha value is -2.60. The fourth-order valence-electron chi connectivity index (χ4n) is 4.30. The van der Waals surface area contributed by atoms with Crippen LogP contribution in [0.25, 0.3) is 16.6 Å². The second-order valence-corrected chi connectivity index (χ2v) is 8.47. The van der Waals surface area contributed by atoms with Gasteiger partial charge in [-0.3, -0.25) is 4.79 Å². The van der Waals surface area contributed by atoms with Crippen molar-refractivity contribution < 1.29 is 5.11 Å². The van der Waals surface area contributed by atoms with E-state index < -0.39 is 5.60 Å². The molecule has 1 aromatic carbocycles. The minimum absolute atomic E-state index is 0.0180. The third-order valence-corrected chi connectivity index (χ3v) is 6.12. The Balaban J connectivity index is 1.66. The number of hydrogen-bond acceptors (Lipinski definition) is 4. The summed E-state index contributed by atoms with van der Waals surface area (Å²) in [5.41, 5.74) is 2.16. The molecular formula is C22H28N4O2. The maximum atomic E-state index is 12.5. The molecule has 1 saturated carbocycles. The van der Waals surface area contributed by atoms with Crippen LogP contribution in [-0.4, -0.2) is 30.9 Å². The van der Waals surface area contributed by atoms with E-state index in [-0.39, 0.29) is 5.56 Å². The van der Waals surface area contributed by atoms with Crippen molar-refractivity contribution in [3.63, 3.8) is 0 Å². The molecule has 6 nitrogen and oxygen atoms in total. The summed E-state index contributed by atoms with van der Waals surface area (Å²) < 4.78 is 3.65. The second-order valence-electron chi connectivity index (χ2n) is 8.47. The van der Waals surface area contributed by atoms with Gasteiger partial charge >= 0.3 is 0 Å². The molecule has 2 aromatic heterocycles. The van der Waals surface area contributed by atoms with Crippen LogP contribution in [0.15, 0.2) is 47.8 Å². The van der Waals surface area contributed by atoms with Crippen molar-refractivity contribution in [3.8, 4) is 5.69 Å². The lowest BCUT2D eigenvalue weighted by molar-refractivity contribution is -0.000387. The van der Waals surface area contributed by atoms with E-state index in [4.69, 9.17) is 0 Å². The third-order valence-electron chi connectivity index (χ3n) is 6.12. The summed E-state index contributed by atoms with van der Waals surface area (Å²) in [6.45, 7) is 3.80. The van der Waals surface area contributed by atoms with Gasteiger partial charge in [-0.05, 0) is 63.6 Å². The minimum Gasteiger partial charge on any atom is -0.390 e. The first-order chi connectivity index (χ1) is 13.3. The van der Waals surface area contributed by atoms with Gasteiger partial charge in [0.1, 0.15) is 0 Å². The maximum Gasteiger partial charge on any atom is 0.252 e. The minimum atomic E-state index is -0.625. The zero-order chi connectivity index (χ0) is 19.9. The smallest absolute Gasteiger partial charge is 0.252 e. The van der Waals surface area contributed by atoms with Crippen molar-refractivity contribution in [1.82, 2.24) is 14.1 Å². The number of nitrogens with zero attached hydrogens (tertiary/aromatic N) is 3. The van der Waals surface area contributed by atoms with Crippen LogP contribution in [0, 0.1) is 5.92 Å². The van der Waals surface area contributed by atoms with Gasteiger partial charge in [0.05, 0.1) is 17.4 Å². The zero-order valence-electron chi connectivity index (χ0n) is 16.7. The monoisotopic (exact) mass is 380 g/mol. The van der Waals surface area contributed by atoms with Gasteiger partial charge in [0.15, 0.2) is 0 Å². The molecule has 0 saturated heterocycles. The molecule has 0 atom stereocenters. The van der Waals surface area contributed by atoms with Crippen LogP contribution in [0.2, 0.25) is 0 Å². The Labute approximate surface area is 164 Å². The van der Waals surface area contributed by atoms with Gasteiger partial charge in [-0.25, -0.2) is 4.98 Å². The predicted molar refractivity (Wildman–Crippen MR) is 112 cm³/mol. The number of fused-ring (bicyclic) bond motifs is 1. The molecule has 0 bridgehead atoms. The lowest BCUT2D eigenvalue weighted by Gasteiger charge is -2.36. The molecule has 0 unspecified atom stereocenters. The van der Waals surface area contributed by atoms with E-state index in [0.717, 1.165) is 48.0 Å². The molecule has 0 radical (unpaired) electrons. The van der Waals surface area contributed by atoms with Crippen molar-refractivity contribution >= 4 is 16.6 Å². The highest BCUT2D eigenvalue weighted by molar-refractivity contribution is 5.93. The van der Waals surface area contributed by atoms with Crippen LogP contribution < -0.4 is 10.9 Å². The lowest BCUT2D eigenvalue weighted by atomic mass is 9.77. The Morgan fingerprint density at radius 3 is 2.57 bits per heavy atom. The third kappa shape index (κ3) is 3.56. The number of pyridine rings is 1. The standard InChI is InChI=1S/C22H28N4O2/c1-22(2,28)15-4-6-16(7-5-15)24-19-13-21(27)25(3)20-9-8-17(12-18(19)20)26-11-10-23-14-26/h8-16,24,28H,4-7H2,1-3H3/t15-,16-. The number of aromatic nitrogens is 3. The fourth-order valence-corrected chi connectivity index (χ4v) is 4.30. The molecule has 1 fully saturated rings. The number of nitrogens with one attached hydrogen (secondary N) is 1. The number of rotatable bonds is 4. The van der Waals surface area contributed by atoms with Gasteiger partial charge in [0.25, 0.3) is 5.56 Å². The molecule has 148 valence electrons. The quantitative estimate of drug-likeness (QED) is 0.727. The van der Waals surface area contributed by atoms with Gasteiger partial charge in [-0.1, -0.05) is 0 Å². The van der Waals surface area contributed by atoms with E-state index in [1.165, 1.54) is 0 Å². The van der Waals surface area contributed by atoms with Crippen molar-refractivity contribution in [2.24, 2.45) is 13.0 Å². The molecule has 0 spiro atoms. The summed E-state index contributed by atoms with van der Waals surface area (Å²) in [5.74, 6) is 0.332. The summed E-state index contributed by atoms with van der Waals surface area (Å²) in [7, 11) is 1.81. The molecule has 4 rings (SSSR count). The van der Waals surface area contributed by atoms with E-state index in [2.05, 4.69) is 16.4 Å². The van der Waals surface area contributed by atoms with Crippen molar-refractivity contribution in [2.75, 3.05) is 5.32 Å². The Kier molecular flexibility index (Phi) is 4.75. The van der Waals surface area contributed by atoms with Crippen LogP contribution in [0.3, 0.4) is 0 Å². The lowest BCUT2D eigenvalue weighted by Crippen LogP contribution is -2.37. The maximum absolute atomic E-state index is 12.5. The van der Waals surface area contributed by atoms with E-state index in [9.17, 15) is 9.90 Å². The molecular weight excluding hydrogens is 352 g/mol. The van der Waals surface area contributed by atoms with E-state index in [0.29, 0.717) is 12.0 Å². The summed E-state index contributed by atoms with van der Waals surface area (Å²) in [6.07, 6.45) is 9.40. The highest BCUT2D eigenvalue weighted by Crippen LogP contribution is 2.34. The summed E-state index contributed by atoms with van der Waals surface area (Å²) in [5, 5.41) is 14.9. The Morgan fingerprint density at radius 2 is 1.93 bits per heavy atom. The van der Waals surface area contributed by atoms with Crippen molar-refractivity contribution in [1.29, 1.82) is 0 Å². The Bertz CT molecular complexity index is 1020. The number of benzene rings is 1. The number of hydrogen-bond donors (Lipinski definition) is 2. The molecule has 6 heteroatoms. The van der Waals surface area contributed by atoms with Gasteiger partial charge in [0, 0.05) is 48.3 Å². The highest BCUT2D eigenvalue weighted by Gasteiger charge is 2.31. The molecule has 0 aliphatic heterocycles. The topological polar surface area (TPSA) is 72.1 Å². The molecule has 0 amide bonds. The highest BCUT2D eigenvalue weighted by atomic mass is 16.3. The average molecular weight is 380 g/mol. The number of aryl methyl sites for hydroxylation is 1. The van der Waals surface area contributed by atoms with Crippen molar-refractivity contribution in [2.45, 2.75) is 51.2 Å². The van der Waals surface area contributed by atoms with Crippen LogP contribution in [0.5, 0.6) is 0 Å². The van der Waals surface area contributed by atoms with Crippen LogP contribution in [0.4, 0.5) is 5.69 Å². The van der Waals surface area contributed by atoms with Crippen LogP contribution in [0.1, 0.15) is 39.5 Å². The largest absolute Gasteiger partial charge is 0.390 e. The van der Waals surface area contributed by atoms with E-state index in [1.54, 1.807) is 30.2 Å². The van der Waals surface area contributed by atoms with Crippen LogP contribution >= 0.6 is 0 Å². The van der Waals surface area contributed by atoms with Gasteiger partial charge in [0.2, 0.25) is 0 Å². The summed E-state index contributed by atoms with van der Waals surface area (Å²) in [6, 6.07) is 8.10. The van der Waals surface area contributed by atoms with E-state index >= 15 is 0 Å². The average Bonchev–Trinajstić information content (AvgIpc) is 3.20. The molecule has 2 heterocycles. The Morgan fingerprint density at radius 1 is 1.18 bits per heavy atom. The second kappa shape index (κ2) is 7.09. The molecule has 2 N–H and O–H groups in total. The summed E-state index contributed by atoms with van der Waals surface area (Å²) in [4.78, 5) is 16.6. The fraction of sp³-hybridized carbons (Fsp3) is 0.455. The number of imidazole rings is 1. The van der Waals surface area contributed by atoms with Crippen LogP contribution in [-0.2, 0) is 7.05 Å². The number of anilines is 1. The summed E-state index contributed by atoms with van der Waals surface area (Å²) >= 11 is 0. The first-order valence-electron chi connectivity index (χ1n) is 9.94. The molecule has 28 heavy (non-hydrogen) atoms. The van der Waals surface area contributed by atoms with Gasteiger partial charge < -0.3 is 19.6 Å². The molecule has 1 aliphatic rings. The van der Waals surface area contributed by atoms with E-state index in [1.807, 2.05) is 36.7 Å². The molecule has 3 aromatic rings. The molecule has 1 aliphatic carbocycles. The van der Waals surface area contributed by atoms with Gasteiger partial charge in [-0.15, -0.1) is 0 Å². The zero-order valence-corrected chi connectivity index (χ0v) is 16.7. The first kappa shape index (κ1) is 18.7. The number of aliphatic hydroxyl groups is 1.